The first-order valence-corrected chi connectivity index (χ1v) is 5.79. The van der Waals surface area contributed by atoms with Crippen molar-refractivity contribution in [3.05, 3.63) is 5.89 Å². The van der Waals surface area contributed by atoms with Gasteiger partial charge in [-0.2, -0.15) is 0 Å². The zero-order valence-corrected chi connectivity index (χ0v) is 9.99. The number of hydrogen-bond donors (Lipinski definition) is 3. The lowest BCUT2D eigenvalue weighted by Crippen LogP contribution is -2.22. The molecule has 0 aromatic carbocycles. The van der Waals surface area contributed by atoms with Crippen LogP contribution in [0.3, 0.4) is 0 Å². The maximum atomic E-state index is 11.0. The average Bonchev–Trinajstić information content (AvgIpc) is 2.89. The zero-order valence-electron chi connectivity index (χ0n) is 9.99. The molecular weight excluding hydrogens is 222 g/mol. The molecule has 7 nitrogen and oxygen atoms in total. The maximum absolute atomic E-state index is 11.0. The molecule has 2 heterocycles. The molecule has 3 N–H and O–H groups in total. The Morgan fingerprint density at radius 1 is 1.59 bits per heavy atom. The van der Waals surface area contributed by atoms with Crippen LogP contribution in [0.25, 0.3) is 0 Å². The minimum absolute atomic E-state index is 0.0326. The summed E-state index contributed by atoms with van der Waals surface area (Å²) in [5.41, 5.74) is 0. The van der Waals surface area contributed by atoms with Crippen LogP contribution < -0.4 is 16.0 Å². The van der Waals surface area contributed by atoms with Gasteiger partial charge < -0.3 is 20.4 Å². The van der Waals surface area contributed by atoms with Crippen molar-refractivity contribution in [3.8, 4) is 0 Å². The molecule has 1 aromatic heterocycles. The average molecular weight is 239 g/mol. The second-order valence-corrected chi connectivity index (χ2v) is 4.07. The number of anilines is 1. The van der Waals surface area contributed by atoms with Crippen molar-refractivity contribution in [1.29, 1.82) is 0 Å². The lowest BCUT2D eigenvalue weighted by atomic mass is 10.3. The van der Waals surface area contributed by atoms with Crippen LogP contribution in [0.1, 0.15) is 32.2 Å². The molecule has 7 heteroatoms. The Hall–Kier alpha value is -1.63. The first kappa shape index (κ1) is 11.8. The Balaban J connectivity index is 1.91. The second-order valence-electron chi connectivity index (χ2n) is 4.07. The highest BCUT2D eigenvalue weighted by Crippen LogP contribution is 2.15. The summed E-state index contributed by atoms with van der Waals surface area (Å²) < 4.78 is 5.46. The van der Waals surface area contributed by atoms with Gasteiger partial charge in [0.25, 0.3) is 0 Å². The van der Waals surface area contributed by atoms with Crippen molar-refractivity contribution >= 4 is 11.9 Å². The van der Waals surface area contributed by atoms with E-state index in [9.17, 15) is 4.79 Å². The Morgan fingerprint density at radius 2 is 2.41 bits per heavy atom. The highest BCUT2D eigenvalue weighted by Gasteiger charge is 2.23. The van der Waals surface area contributed by atoms with Gasteiger partial charge >= 0.3 is 6.01 Å². The summed E-state index contributed by atoms with van der Waals surface area (Å²) in [6, 6.07) is 0.433. The number of rotatable bonds is 5. The molecule has 17 heavy (non-hydrogen) atoms. The van der Waals surface area contributed by atoms with Gasteiger partial charge in [-0.25, -0.2) is 0 Å². The van der Waals surface area contributed by atoms with Crippen molar-refractivity contribution in [3.63, 3.8) is 0 Å². The Labute approximate surface area is 99.4 Å². The van der Waals surface area contributed by atoms with Crippen molar-refractivity contribution in [2.24, 2.45) is 0 Å². The third-order valence-corrected chi connectivity index (χ3v) is 2.63. The smallest absolute Gasteiger partial charge is 0.315 e. The highest BCUT2D eigenvalue weighted by molar-refractivity contribution is 5.79. The van der Waals surface area contributed by atoms with Crippen LogP contribution in [0.5, 0.6) is 0 Å². The molecule has 0 spiro atoms. The van der Waals surface area contributed by atoms with Gasteiger partial charge in [0, 0.05) is 13.0 Å². The van der Waals surface area contributed by atoms with Gasteiger partial charge in [-0.1, -0.05) is 12.0 Å². The summed E-state index contributed by atoms with van der Waals surface area (Å²) in [6.45, 7) is 5.41. The minimum Gasteiger partial charge on any atom is -0.406 e. The maximum Gasteiger partial charge on any atom is 0.315 e. The Bertz CT molecular complexity index is 392. The predicted molar refractivity (Wildman–Crippen MR) is 61.4 cm³/mol. The first-order chi connectivity index (χ1) is 8.19. The summed E-state index contributed by atoms with van der Waals surface area (Å²) in [4.78, 5) is 11.0. The van der Waals surface area contributed by atoms with Gasteiger partial charge in [-0.3, -0.25) is 4.79 Å². The number of amides is 1. The van der Waals surface area contributed by atoms with E-state index >= 15 is 0 Å². The topological polar surface area (TPSA) is 92.1 Å². The van der Waals surface area contributed by atoms with Gasteiger partial charge in [0.15, 0.2) is 0 Å². The van der Waals surface area contributed by atoms with E-state index in [1.54, 1.807) is 0 Å². The molecule has 1 fully saturated rings. The van der Waals surface area contributed by atoms with Crippen LogP contribution >= 0.6 is 0 Å². The molecule has 1 aliphatic rings. The molecule has 2 rings (SSSR count). The molecule has 2 atom stereocenters. The normalized spacial score (nSPS) is 21.3. The minimum atomic E-state index is 0.0326. The fourth-order valence-electron chi connectivity index (χ4n) is 1.74. The molecule has 0 radical (unpaired) electrons. The molecule has 0 bridgehead atoms. The van der Waals surface area contributed by atoms with E-state index in [1.165, 1.54) is 0 Å². The summed E-state index contributed by atoms with van der Waals surface area (Å²) in [5, 5.41) is 16.8. The van der Waals surface area contributed by atoms with Crippen LogP contribution in [0.2, 0.25) is 0 Å². The summed E-state index contributed by atoms with van der Waals surface area (Å²) in [5.74, 6) is 0.592. The third-order valence-electron chi connectivity index (χ3n) is 2.63. The number of carbonyl (C=O) groups is 1. The summed E-state index contributed by atoms with van der Waals surface area (Å²) in [6.07, 6.45) is 0.445. The summed E-state index contributed by atoms with van der Waals surface area (Å²) in [7, 11) is 0. The fourth-order valence-corrected chi connectivity index (χ4v) is 1.74. The van der Waals surface area contributed by atoms with Crippen LogP contribution in [-0.2, 0) is 4.79 Å². The largest absolute Gasteiger partial charge is 0.406 e. The Kier molecular flexibility index (Phi) is 3.58. The van der Waals surface area contributed by atoms with Gasteiger partial charge in [0.1, 0.15) is 0 Å². The van der Waals surface area contributed by atoms with Crippen molar-refractivity contribution in [2.75, 3.05) is 18.4 Å². The van der Waals surface area contributed by atoms with Crippen LogP contribution in [0.15, 0.2) is 4.42 Å². The van der Waals surface area contributed by atoms with Crippen molar-refractivity contribution < 1.29 is 9.21 Å². The quantitative estimate of drug-likeness (QED) is 0.672. The SMILES string of the molecule is CCNC(C)c1nnc(NC2CNC(=O)C2)o1. The van der Waals surface area contributed by atoms with Crippen LogP contribution in [0.4, 0.5) is 6.01 Å². The van der Waals surface area contributed by atoms with Crippen molar-refractivity contribution in [2.45, 2.75) is 32.4 Å². The number of hydrogen-bond acceptors (Lipinski definition) is 6. The fraction of sp³-hybridized carbons (Fsp3) is 0.700. The van der Waals surface area contributed by atoms with Gasteiger partial charge in [-0.05, 0) is 13.5 Å². The molecule has 1 aromatic rings. The van der Waals surface area contributed by atoms with Gasteiger partial charge in [0.05, 0.1) is 12.1 Å². The lowest BCUT2D eigenvalue weighted by Gasteiger charge is -2.07. The molecular formula is C10H17N5O2. The van der Waals surface area contributed by atoms with Crippen LogP contribution in [0, 0.1) is 0 Å². The van der Waals surface area contributed by atoms with Gasteiger partial charge in [0.2, 0.25) is 11.8 Å². The second kappa shape index (κ2) is 5.13. The first-order valence-electron chi connectivity index (χ1n) is 5.79. The molecule has 94 valence electrons. The van der Waals surface area contributed by atoms with E-state index in [0.29, 0.717) is 24.9 Å². The lowest BCUT2D eigenvalue weighted by molar-refractivity contribution is -0.119. The molecule has 0 saturated carbocycles. The van der Waals surface area contributed by atoms with E-state index in [-0.39, 0.29) is 18.0 Å². The molecule has 2 unspecified atom stereocenters. The molecule has 1 aliphatic heterocycles. The monoisotopic (exact) mass is 239 g/mol. The predicted octanol–water partition coefficient (Wildman–Crippen LogP) is 0.0405. The highest BCUT2D eigenvalue weighted by atomic mass is 16.4. The zero-order chi connectivity index (χ0) is 12.3. The standard InChI is InChI=1S/C10H17N5O2/c1-3-11-6(2)9-14-15-10(17-9)13-7-4-8(16)12-5-7/h6-7,11H,3-5H2,1-2H3,(H,12,16)(H,13,15). The summed E-state index contributed by atoms with van der Waals surface area (Å²) >= 11 is 0. The number of carbonyl (C=O) groups excluding carboxylic acids is 1. The molecule has 1 saturated heterocycles. The number of nitrogens with one attached hydrogen (secondary N) is 3. The van der Waals surface area contributed by atoms with E-state index in [0.717, 1.165) is 6.54 Å². The van der Waals surface area contributed by atoms with E-state index in [4.69, 9.17) is 4.42 Å². The van der Waals surface area contributed by atoms with E-state index in [1.807, 2.05) is 13.8 Å². The van der Waals surface area contributed by atoms with Gasteiger partial charge in [-0.15, -0.1) is 5.10 Å². The number of aromatic nitrogens is 2. The third kappa shape index (κ3) is 2.94. The molecule has 1 amide bonds. The van der Waals surface area contributed by atoms with E-state index in [2.05, 4.69) is 26.1 Å². The molecule has 0 aliphatic carbocycles. The van der Waals surface area contributed by atoms with E-state index < -0.39 is 0 Å². The van der Waals surface area contributed by atoms with Crippen LogP contribution in [-0.4, -0.2) is 35.2 Å². The van der Waals surface area contributed by atoms with Crippen molar-refractivity contribution in [1.82, 2.24) is 20.8 Å². The Morgan fingerprint density at radius 3 is 3.06 bits per heavy atom. The number of nitrogens with zero attached hydrogens (tertiary/aromatic N) is 2.